The van der Waals surface area contributed by atoms with E-state index in [2.05, 4.69) is 55.3 Å². The molecule has 5 aromatic rings. The Kier molecular flexibility index (Phi) is 12.4. The molecule has 0 saturated heterocycles. The molecule has 1 fully saturated rings. The molecule has 1 unspecified atom stereocenters. The third kappa shape index (κ3) is 7.39. The lowest BCUT2D eigenvalue weighted by atomic mass is 10.1. The SMILES string of the molecule is C=CN=C(C)N=CC.CC.CC.CCn1c(-c2cncnc2)nc2c(-c3ccc4[nH]c(=O)n(C(C)C5CC5)c4c3)ncnc21. The molecule has 1 N–H and O–H groups in total. The highest BCUT2D eigenvalue weighted by Crippen LogP contribution is 2.40. The maximum atomic E-state index is 12.7. The molecule has 0 radical (unpaired) electrons. The van der Waals surface area contributed by atoms with E-state index in [1.54, 1.807) is 24.9 Å². The standard InChI is InChI=1S/C23H22N8O.C6H10N2.2C2H6/c1-3-30-21(16-9-24-11-25-10-16)29-20-19(26-12-27-22(20)30)15-6-7-17-18(8-15)31(23(32)28-17)13(2)14-4-5-14;1-4-7-6(3)8-5-2;2*1-2/h6-14H,3-5H2,1-2H3,(H,28,32);4-5H,1H2,2-3H3;2*1-2H3. The van der Waals surface area contributed by atoms with Gasteiger partial charge in [-0.3, -0.25) is 4.57 Å². The van der Waals surface area contributed by atoms with Crippen LogP contribution in [0.5, 0.6) is 0 Å². The number of aromatic amines is 1. The smallest absolute Gasteiger partial charge is 0.309 e. The Bertz CT molecular complexity index is 1780. The molecule has 11 heteroatoms. The van der Waals surface area contributed by atoms with Crippen LogP contribution in [-0.2, 0) is 6.54 Å². The van der Waals surface area contributed by atoms with Crippen molar-refractivity contribution >= 4 is 34.2 Å². The topological polar surface area (TPSA) is 132 Å². The van der Waals surface area contributed by atoms with Crippen molar-refractivity contribution in [2.75, 3.05) is 0 Å². The number of aryl methyl sites for hydroxylation is 1. The van der Waals surface area contributed by atoms with Crippen molar-refractivity contribution in [2.45, 2.75) is 80.8 Å². The van der Waals surface area contributed by atoms with Gasteiger partial charge < -0.3 is 9.55 Å². The van der Waals surface area contributed by atoms with Crippen LogP contribution in [0.15, 0.2) is 70.8 Å². The summed E-state index contributed by atoms with van der Waals surface area (Å²) in [7, 11) is 0. The minimum atomic E-state index is -0.0639. The van der Waals surface area contributed by atoms with Crippen molar-refractivity contribution < 1.29 is 0 Å². The number of hydrogen-bond acceptors (Lipinski definition) is 7. The number of H-pyrrole nitrogens is 1. The predicted molar refractivity (Wildman–Crippen MR) is 181 cm³/mol. The fourth-order valence-electron chi connectivity index (χ4n) is 4.90. The van der Waals surface area contributed by atoms with Crippen LogP contribution in [0.2, 0.25) is 0 Å². The molecule has 1 saturated carbocycles. The summed E-state index contributed by atoms with van der Waals surface area (Å²) in [5, 5.41) is 0. The van der Waals surface area contributed by atoms with Crippen molar-refractivity contribution in [1.82, 2.24) is 39.0 Å². The van der Waals surface area contributed by atoms with E-state index >= 15 is 0 Å². The molecule has 4 heterocycles. The number of rotatable bonds is 6. The average molecular weight is 597 g/mol. The molecule has 1 atom stereocenters. The monoisotopic (exact) mass is 596 g/mol. The number of fused-ring (bicyclic) bond motifs is 2. The van der Waals surface area contributed by atoms with Crippen LogP contribution in [0, 0.1) is 5.92 Å². The zero-order chi connectivity index (χ0) is 32.2. The molecule has 44 heavy (non-hydrogen) atoms. The maximum absolute atomic E-state index is 12.7. The fraction of sp³-hybridized carbons (Fsp3) is 0.394. The van der Waals surface area contributed by atoms with E-state index in [0.29, 0.717) is 18.0 Å². The van der Waals surface area contributed by atoms with Gasteiger partial charge in [-0.25, -0.2) is 39.7 Å². The normalized spacial score (nSPS) is 13.4. The summed E-state index contributed by atoms with van der Waals surface area (Å²) in [6.45, 7) is 20.0. The van der Waals surface area contributed by atoms with Crippen molar-refractivity contribution in [3.63, 3.8) is 0 Å². The first-order valence-corrected chi connectivity index (χ1v) is 15.3. The number of aliphatic imine (C=N–C) groups is 2. The molecular formula is C33H44N10O. The first-order valence-electron chi connectivity index (χ1n) is 15.3. The van der Waals surface area contributed by atoms with E-state index in [4.69, 9.17) is 4.98 Å². The molecular weight excluding hydrogens is 552 g/mol. The molecule has 1 aliphatic carbocycles. The van der Waals surface area contributed by atoms with Gasteiger partial charge in [0.1, 0.15) is 35.5 Å². The lowest BCUT2D eigenvalue weighted by molar-refractivity contribution is 0.485. The van der Waals surface area contributed by atoms with Crippen molar-refractivity contribution in [3.8, 4) is 22.6 Å². The van der Waals surface area contributed by atoms with Gasteiger partial charge in [-0.1, -0.05) is 40.3 Å². The Hall–Kier alpha value is -4.80. The number of hydrogen-bond donors (Lipinski definition) is 1. The van der Waals surface area contributed by atoms with Gasteiger partial charge >= 0.3 is 5.69 Å². The van der Waals surface area contributed by atoms with E-state index in [1.165, 1.54) is 25.4 Å². The van der Waals surface area contributed by atoms with Crippen LogP contribution in [0.1, 0.15) is 74.3 Å². The number of benzene rings is 1. The Labute approximate surface area is 259 Å². The molecule has 4 aromatic heterocycles. The van der Waals surface area contributed by atoms with Gasteiger partial charge in [0.15, 0.2) is 5.65 Å². The second-order valence-corrected chi connectivity index (χ2v) is 9.56. The number of amidine groups is 1. The zero-order valence-electron chi connectivity index (χ0n) is 27.1. The number of nitrogens with one attached hydrogen (secondary N) is 1. The third-order valence-electron chi connectivity index (χ3n) is 6.96. The highest BCUT2D eigenvalue weighted by atomic mass is 16.1. The molecule has 0 bridgehead atoms. The van der Waals surface area contributed by atoms with Gasteiger partial charge in [0, 0.05) is 43.0 Å². The summed E-state index contributed by atoms with van der Waals surface area (Å²) in [6, 6.07) is 6.12. The summed E-state index contributed by atoms with van der Waals surface area (Å²) in [5.74, 6) is 2.06. The van der Waals surface area contributed by atoms with Crippen molar-refractivity contribution in [1.29, 1.82) is 0 Å². The molecule has 1 aliphatic rings. The molecule has 0 amide bonds. The highest BCUT2D eigenvalue weighted by Gasteiger charge is 2.31. The first-order chi connectivity index (χ1) is 21.5. The van der Waals surface area contributed by atoms with Gasteiger partial charge in [-0.15, -0.1) is 0 Å². The van der Waals surface area contributed by atoms with E-state index in [9.17, 15) is 4.79 Å². The molecule has 6 rings (SSSR count). The third-order valence-corrected chi connectivity index (χ3v) is 6.96. The number of imidazole rings is 2. The van der Waals surface area contributed by atoms with Crippen LogP contribution in [0.4, 0.5) is 0 Å². The van der Waals surface area contributed by atoms with Crippen LogP contribution in [-0.4, -0.2) is 51.1 Å². The van der Waals surface area contributed by atoms with E-state index in [1.807, 2.05) is 68.9 Å². The lowest BCUT2D eigenvalue weighted by Gasteiger charge is -2.12. The Balaban J connectivity index is 0.000000382. The molecule has 1 aromatic carbocycles. The summed E-state index contributed by atoms with van der Waals surface area (Å²) in [6.07, 6.45) is 12.1. The highest BCUT2D eigenvalue weighted by molar-refractivity contribution is 5.92. The zero-order valence-corrected chi connectivity index (χ0v) is 27.1. The first kappa shape index (κ1) is 33.7. The second kappa shape index (κ2) is 16.2. The molecule has 11 nitrogen and oxygen atoms in total. The van der Waals surface area contributed by atoms with Crippen molar-refractivity contribution in [2.24, 2.45) is 15.9 Å². The minimum absolute atomic E-state index is 0.0639. The molecule has 0 spiro atoms. The summed E-state index contributed by atoms with van der Waals surface area (Å²) in [5.41, 5.74) is 5.60. The van der Waals surface area contributed by atoms with Crippen LogP contribution in [0.3, 0.4) is 0 Å². The summed E-state index contributed by atoms with van der Waals surface area (Å²) in [4.78, 5) is 45.6. The van der Waals surface area contributed by atoms with Gasteiger partial charge in [0.25, 0.3) is 0 Å². The minimum Gasteiger partial charge on any atom is -0.309 e. The van der Waals surface area contributed by atoms with Gasteiger partial charge in [-0.2, -0.15) is 0 Å². The largest absolute Gasteiger partial charge is 0.326 e. The van der Waals surface area contributed by atoms with E-state index < -0.39 is 0 Å². The van der Waals surface area contributed by atoms with Gasteiger partial charge in [0.05, 0.1) is 16.6 Å². The maximum Gasteiger partial charge on any atom is 0.326 e. The lowest BCUT2D eigenvalue weighted by Crippen LogP contribution is -2.21. The molecule has 0 aliphatic heterocycles. The van der Waals surface area contributed by atoms with E-state index in [0.717, 1.165) is 45.2 Å². The van der Waals surface area contributed by atoms with Crippen LogP contribution in [0.25, 0.3) is 44.8 Å². The van der Waals surface area contributed by atoms with Crippen molar-refractivity contribution in [3.05, 3.63) is 66.5 Å². The average Bonchev–Trinajstić information content (AvgIpc) is 3.76. The number of nitrogens with zero attached hydrogens (tertiary/aromatic N) is 9. The quantitative estimate of drug-likeness (QED) is 0.162. The molecule has 232 valence electrons. The fourth-order valence-corrected chi connectivity index (χ4v) is 4.90. The van der Waals surface area contributed by atoms with Crippen LogP contribution >= 0.6 is 0 Å². The summed E-state index contributed by atoms with van der Waals surface area (Å²) >= 11 is 0. The Morgan fingerprint density at radius 1 is 1.11 bits per heavy atom. The summed E-state index contributed by atoms with van der Waals surface area (Å²) < 4.78 is 3.92. The predicted octanol–water partition coefficient (Wildman–Crippen LogP) is 7.28. The van der Waals surface area contributed by atoms with Gasteiger partial charge in [-0.05, 0) is 58.6 Å². The number of aromatic nitrogens is 8. The second-order valence-electron chi connectivity index (χ2n) is 9.56. The Morgan fingerprint density at radius 2 is 1.82 bits per heavy atom. The van der Waals surface area contributed by atoms with Crippen LogP contribution < -0.4 is 5.69 Å². The Morgan fingerprint density at radius 3 is 2.43 bits per heavy atom. The van der Waals surface area contributed by atoms with Gasteiger partial charge in [0.2, 0.25) is 0 Å². The van der Waals surface area contributed by atoms with E-state index in [-0.39, 0.29) is 11.7 Å².